The van der Waals surface area contributed by atoms with Crippen molar-refractivity contribution in [3.05, 3.63) is 54.1 Å². The van der Waals surface area contributed by atoms with E-state index in [9.17, 15) is 18.7 Å². The average molecular weight is 352 g/mol. The topological polar surface area (TPSA) is 79.8 Å². The molecule has 0 bridgehead atoms. The molecule has 0 saturated carbocycles. The van der Waals surface area contributed by atoms with Crippen molar-refractivity contribution in [1.29, 1.82) is 0 Å². The molecular weight excluding hydrogens is 334 g/mol. The van der Waals surface area contributed by atoms with Crippen LogP contribution >= 0.6 is 0 Å². The summed E-state index contributed by atoms with van der Waals surface area (Å²) in [4.78, 5) is 11.8. The maximum Gasteiger partial charge on any atom is 0.387 e. The minimum atomic E-state index is -2.90. The lowest BCUT2D eigenvalue weighted by Gasteiger charge is -2.15. The van der Waals surface area contributed by atoms with Crippen LogP contribution in [0.15, 0.2) is 48.5 Å². The summed E-state index contributed by atoms with van der Waals surface area (Å²) < 4.78 is 33.5. The molecule has 0 fully saturated rings. The molecule has 0 heterocycles. The van der Waals surface area contributed by atoms with Crippen molar-refractivity contribution in [2.45, 2.75) is 12.7 Å². The third kappa shape index (κ3) is 5.61. The number of rotatable bonds is 7. The highest BCUT2D eigenvalue weighted by Gasteiger charge is 2.14. The zero-order valence-electron chi connectivity index (χ0n) is 13.4. The number of amides is 2. The minimum absolute atomic E-state index is 0.00690. The molecule has 0 aliphatic rings. The summed E-state index contributed by atoms with van der Waals surface area (Å²) in [5, 5.41) is 15.2. The first-order chi connectivity index (χ1) is 12.0. The molecule has 2 amide bonds. The Morgan fingerprint density at radius 2 is 1.84 bits per heavy atom. The van der Waals surface area contributed by atoms with Crippen LogP contribution in [-0.2, 0) is 0 Å². The number of alkyl halides is 2. The molecule has 3 N–H and O–H groups in total. The first kappa shape index (κ1) is 18.5. The summed E-state index contributed by atoms with van der Waals surface area (Å²) in [7, 11) is 1.49. The summed E-state index contributed by atoms with van der Waals surface area (Å²) in [6.45, 7) is -2.93. The second-order valence-corrected chi connectivity index (χ2v) is 5.00. The molecule has 134 valence electrons. The Morgan fingerprint density at radius 3 is 2.48 bits per heavy atom. The van der Waals surface area contributed by atoms with Gasteiger partial charge in [-0.15, -0.1) is 0 Å². The lowest BCUT2D eigenvalue weighted by atomic mass is 10.1. The van der Waals surface area contributed by atoms with E-state index in [-0.39, 0.29) is 12.3 Å². The van der Waals surface area contributed by atoms with E-state index in [2.05, 4.69) is 15.4 Å². The summed E-state index contributed by atoms with van der Waals surface area (Å²) in [5.41, 5.74) is 0.949. The van der Waals surface area contributed by atoms with Crippen LogP contribution in [0.1, 0.15) is 11.7 Å². The number of anilines is 1. The molecule has 0 aliphatic carbocycles. The van der Waals surface area contributed by atoms with E-state index < -0.39 is 18.7 Å². The van der Waals surface area contributed by atoms with E-state index in [1.54, 1.807) is 24.3 Å². The molecule has 0 aromatic heterocycles. The highest BCUT2D eigenvalue weighted by molar-refractivity contribution is 5.89. The fourth-order valence-electron chi connectivity index (χ4n) is 2.14. The highest BCUT2D eigenvalue weighted by Crippen LogP contribution is 2.24. The Bertz CT molecular complexity index is 695. The number of para-hydroxylation sites is 1. The maximum atomic E-state index is 12.1. The molecule has 25 heavy (non-hydrogen) atoms. The van der Waals surface area contributed by atoms with E-state index in [1.165, 1.54) is 31.4 Å². The van der Waals surface area contributed by atoms with Gasteiger partial charge in [-0.2, -0.15) is 8.78 Å². The van der Waals surface area contributed by atoms with Gasteiger partial charge in [-0.25, -0.2) is 4.79 Å². The van der Waals surface area contributed by atoms with Gasteiger partial charge in [-0.05, 0) is 30.3 Å². The second kappa shape index (κ2) is 8.84. The van der Waals surface area contributed by atoms with Crippen LogP contribution in [0.4, 0.5) is 19.3 Å². The van der Waals surface area contributed by atoms with Gasteiger partial charge in [-0.1, -0.05) is 18.2 Å². The van der Waals surface area contributed by atoms with Crippen molar-refractivity contribution in [2.24, 2.45) is 0 Å². The number of aliphatic hydroxyl groups excluding tert-OH is 1. The van der Waals surface area contributed by atoms with Gasteiger partial charge in [0.15, 0.2) is 0 Å². The van der Waals surface area contributed by atoms with Crippen LogP contribution < -0.4 is 20.1 Å². The molecule has 0 radical (unpaired) electrons. The van der Waals surface area contributed by atoms with Gasteiger partial charge in [-0.3, -0.25) is 0 Å². The standard InChI is InChI=1S/C17H18F2N2O4/c1-24-15-5-3-2-4-13(15)14(22)10-20-17(23)21-11-6-8-12(9-7-11)25-16(18)19/h2-9,14,16,22H,10H2,1H3,(H2,20,21,23). The van der Waals surface area contributed by atoms with Crippen LogP contribution in [0.25, 0.3) is 0 Å². The van der Waals surface area contributed by atoms with E-state index in [0.717, 1.165) is 0 Å². The third-order valence-electron chi connectivity index (χ3n) is 3.29. The van der Waals surface area contributed by atoms with Gasteiger partial charge in [0.25, 0.3) is 0 Å². The molecule has 1 unspecified atom stereocenters. The van der Waals surface area contributed by atoms with E-state index >= 15 is 0 Å². The Hall–Kier alpha value is -2.87. The number of hydrogen-bond donors (Lipinski definition) is 3. The molecule has 2 aromatic rings. The van der Waals surface area contributed by atoms with Crippen LogP contribution in [0.5, 0.6) is 11.5 Å². The number of ether oxygens (including phenoxy) is 2. The van der Waals surface area contributed by atoms with Crippen LogP contribution in [0.2, 0.25) is 0 Å². The minimum Gasteiger partial charge on any atom is -0.496 e. The van der Waals surface area contributed by atoms with Gasteiger partial charge in [0.2, 0.25) is 0 Å². The number of methoxy groups -OCH3 is 1. The Kier molecular flexibility index (Phi) is 6.53. The van der Waals surface area contributed by atoms with Crippen molar-refractivity contribution in [3.8, 4) is 11.5 Å². The third-order valence-corrected chi connectivity index (χ3v) is 3.29. The van der Waals surface area contributed by atoms with Crippen LogP contribution in [0, 0.1) is 0 Å². The van der Waals surface area contributed by atoms with Crippen molar-refractivity contribution in [3.63, 3.8) is 0 Å². The number of hydrogen-bond acceptors (Lipinski definition) is 4. The zero-order valence-corrected chi connectivity index (χ0v) is 13.4. The summed E-state index contributed by atoms with van der Waals surface area (Å²) >= 11 is 0. The van der Waals surface area contributed by atoms with Gasteiger partial charge >= 0.3 is 12.6 Å². The van der Waals surface area contributed by atoms with E-state index in [1.807, 2.05) is 0 Å². The van der Waals surface area contributed by atoms with Crippen molar-refractivity contribution < 1.29 is 28.2 Å². The predicted molar refractivity (Wildman–Crippen MR) is 88.0 cm³/mol. The van der Waals surface area contributed by atoms with Crippen molar-refractivity contribution in [1.82, 2.24) is 5.32 Å². The highest BCUT2D eigenvalue weighted by atomic mass is 19.3. The van der Waals surface area contributed by atoms with Crippen LogP contribution in [0.3, 0.4) is 0 Å². The molecular formula is C17H18F2N2O4. The molecule has 0 spiro atoms. The zero-order chi connectivity index (χ0) is 18.2. The second-order valence-electron chi connectivity index (χ2n) is 5.00. The lowest BCUT2D eigenvalue weighted by Crippen LogP contribution is -2.32. The molecule has 8 heteroatoms. The van der Waals surface area contributed by atoms with Gasteiger partial charge in [0, 0.05) is 17.8 Å². The number of benzene rings is 2. The predicted octanol–water partition coefficient (Wildman–Crippen LogP) is 3.15. The quantitative estimate of drug-likeness (QED) is 0.715. The number of urea groups is 1. The monoisotopic (exact) mass is 352 g/mol. The molecule has 0 saturated heterocycles. The number of halogens is 2. The summed E-state index contributed by atoms with van der Waals surface area (Å²) in [6, 6.07) is 11.9. The SMILES string of the molecule is COc1ccccc1C(O)CNC(=O)Nc1ccc(OC(F)F)cc1. The van der Waals surface area contributed by atoms with Gasteiger partial charge in [0.1, 0.15) is 11.5 Å². The Balaban J connectivity index is 1.86. The fourth-order valence-corrected chi connectivity index (χ4v) is 2.14. The largest absolute Gasteiger partial charge is 0.496 e. The Morgan fingerprint density at radius 1 is 1.16 bits per heavy atom. The fraction of sp³-hybridized carbons (Fsp3) is 0.235. The number of carbonyl (C=O) groups excluding carboxylic acids is 1. The number of aliphatic hydroxyl groups is 1. The van der Waals surface area contributed by atoms with E-state index in [0.29, 0.717) is 17.0 Å². The first-order valence-electron chi connectivity index (χ1n) is 7.40. The summed E-state index contributed by atoms with van der Waals surface area (Å²) in [6.07, 6.45) is -0.941. The summed E-state index contributed by atoms with van der Waals surface area (Å²) in [5.74, 6) is 0.513. The van der Waals surface area contributed by atoms with Gasteiger partial charge in [0.05, 0.1) is 13.2 Å². The molecule has 2 aromatic carbocycles. The number of carbonyl (C=O) groups is 1. The first-order valence-corrected chi connectivity index (χ1v) is 7.40. The maximum absolute atomic E-state index is 12.1. The Labute approximate surface area is 143 Å². The molecule has 6 nitrogen and oxygen atoms in total. The smallest absolute Gasteiger partial charge is 0.387 e. The molecule has 0 aliphatic heterocycles. The lowest BCUT2D eigenvalue weighted by molar-refractivity contribution is -0.0498. The molecule has 2 rings (SSSR count). The van der Waals surface area contributed by atoms with Crippen LogP contribution in [-0.4, -0.2) is 31.4 Å². The van der Waals surface area contributed by atoms with Gasteiger partial charge < -0.3 is 25.2 Å². The van der Waals surface area contributed by atoms with E-state index in [4.69, 9.17) is 4.74 Å². The average Bonchev–Trinajstić information content (AvgIpc) is 2.61. The molecule has 1 atom stereocenters. The number of nitrogens with one attached hydrogen (secondary N) is 2. The van der Waals surface area contributed by atoms with Crippen molar-refractivity contribution >= 4 is 11.7 Å². The normalized spacial score (nSPS) is 11.7. The van der Waals surface area contributed by atoms with Crippen molar-refractivity contribution in [2.75, 3.05) is 19.0 Å².